The fourth-order valence-electron chi connectivity index (χ4n) is 4.19. The van der Waals surface area contributed by atoms with Crippen LogP contribution in [0.15, 0.2) is 82.2 Å². The maximum Gasteiger partial charge on any atom is 0.264 e. The van der Waals surface area contributed by atoms with Crippen molar-refractivity contribution in [2.24, 2.45) is 0 Å². The summed E-state index contributed by atoms with van der Waals surface area (Å²) in [5.74, 6) is -0.760. The van der Waals surface area contributed by atoms with E-state index < -0.39 is 28.5 Å². The molecule has 3 aromatic carbocycles. The van der Waals surface area contributed by atoms with Crippen molar-refractivity contribution in [1.29, 1.82) is 0 Å². The number of unbranched alkanes of at least 4 members (excludes halogenated alkanes) is 1. The number of nitrogens with one attached hydrogen (secondary N) is 1. The van der Waals surface area contributed by atoms with Crippen LogP contribution in [0.5, 0.6) is 0 Å². The Morgan fingerprint density at radius 1 is 0.974 bits per heavy atom. The Kier molecular flexibility index (Phi) is 10.7. The molecule has 3 aromatic rings. The lowest BCUT2D eigenvalue weighted by molar-refractivity contribution is -0.139. The van der Waals surface area contributed by atoms with Gasteiger partial charge in [-0.25, -0.2) is 8.42 Å². The molecule has 0 bridgehead atoms. The molecule has 0 saturated heterocycles. The Bertz CT molecular complexity index is 1400. The van der Waals surface area contributed by atoms with E-state index in [9.17, 15) is 18.0 Å². The highest BCUT2D eigenvalue weighted by molar-refractivity contribution is 9.10. The van der Waals surface area contributed by atoms with Crippen LogP contribution in [0, 0.1) is 13.8 Å². The van der Waals surface area contributed by atoms with Crippen LogP contribution >= 0.6 is 15.9 Å². The fraction of sp³-hybridized carbons (Fsp3) is 0.333. The van der Waals surface area contributed by atoms with Crippen molar-refractivity contribution in [2.45, 2.75) is 58.0 Å². The molecule has 1 N–H and O–H groups in total. The largest absolute Gasteiger partial charge is 0.354 e. The van der Waals surface area contributed by atoms with Gasteiger partial charge in [0.05, 0.1) is 10.6 Å². The first-order chi connectivity index (χ1) is 18.6. The van der Waals surface area contributed by atoms with E-state index in [0.717, 1.165) is 38.3 Å². The topological polar surface area (TPSA) is 86.8 Å². The van der Waals surface area contributed by atoms with Crippen LogP contribution < -0.4 is 9.62 Å². The van der Waals surface area contributed by atoms with E-state index in [1.807, 2.05) is 51.1 Å². The Morgan fingerprint density at radius 3 is 2.33 bits per heavy atom. The minimum absolute atomic E-state index is 0.0857. The van der Waals surface area contributed by atoms with Gasteiger partial charge in [0.25, 0.3) is 10.0 Å². The van der Waals surface area contributed by atoms with Crippen LogP contribution in [0.4, 0.5) is 5.69 Å². The summed E-state index contributed by atoms with van der Waals surface area (Å²) in [5, 5.41) is 2.90. The molecule has 9 heteroatoms. The molecule has 208 valence electrons. The SMILES string of the molecule is CCCCNC(=O)[C@H](C)N(Cc1cccc(Br)c1)C(=O)CN(c1cccc(C)c1C)S(=O)(=O)c1ccccc1. The summed E-state index contributed by atoms with van der Waals surface area (Å²) < 4.78 is 29.8. The van der Waals surface area contributed by atoms with Crippen molar-refractivity contribution in [1.82, 2.24) is 10.2 Å². The normalized spacial score (nSPS) is 12.0. The number of hydrogen-bond acceptors (Lipinski definition) is 4. The number of carbonyl (C=O) groups excluding carboxylic acids is 2. The molecule has 0 aromatic heterocycles. The smallest absolute Gasteiger partial charge is 0.264 e. The Labute approximate surface area is 240 Å². The predicted molar refractivity (Wildman–Crippen MR) is 159 cm³/mol. The third-order valence-corrected chi connectivity index (χ3v) is 8.96. The Hall–Kier alpha value is -3.17. The zero-order valence-electron chi connectivity index (χ0n) is 22.9. The number of carbonyl (C=O) groups is 2. The van der Waals surface area contributed by atoms with Gasteiger partial charge < -0.3 is 10.2 Å². The molecule has 7 nitrogen and oxygen atoms in total. The summed E-state index contributed by atoms with van der Waals surface area (Å²) >= 11 is 3.46. The molecule has 2 amide bonds. The number of hydrogen-bond donors (Lipinski definition) is 1. The molecule has 0 unspecified atom stereocenters. The number of halogens is 1. The highest BCUT2D eigenvalue weighted by Crippen LogP contribution is 2.29. The molecule has 0 fully saturated rings. The average molecular weight is 615 g/mol. The molecular formula is C30H36BrN3O4S. The van der Waals surface area contributed by atoms with E-state index in [-0.39, 0.29) is 17.3 Å². The molecule has 0 radical (unpaired) electrons. The van der Waals surface area contributed by atoms with Crippen LogP contribution in [0.1, 0.15) is 43.4 Å². The summed E-state index contributed by atoms with van der Waals surface area (Å²) in [5.41, 5.74) is 2.90. The molecule has 0 spiro atoms. The standard InChI is InChI=1S/C30H36BrN3O4S/c1-5-6-18-32-30(36)24(4)33(20-25-13-11-14-26(31)19-25)29(35)21-34(28-17-10-12-22(2)23(28)3)39(37,38)27-15-8-7-9-16-27/h7-17,19,24H,5-6,18,20-21H2,1-4H3,(H,32,36)/t24-/m0/s1. The van der Waals surface area contributed by atoms with Crippen molar-refractivity contribution < 1.29 is 18.0 Å². The van der Waals surface area contributed by atoms with Crippen molar-refractivity contribution >= 4 is 43.5 Å². The fourth-order valence-corrected chi connectivity index (χ4v) is 6.13. The molecular weight excluding hydrogens is 578 g/mol. The molecule has 3 rings (SSSR count). The van der Waals surface area contributed by atoms with Crippen LogP contribution in [-0.4, -0.2) is 44.3 Å². The third-order valence-electron chi connectivity index (χ3n) is 6.69. The van der Waals surface area contributed by atoms with Gasteiger partial charge in [-0.15, -0.1) is 0 Å². The van der Waals surface area contributed by atoms with Gasteiger partial charge in [-0.2, -0.15) is 0 Å². The number of nitrogens with zero attached hydrogens (tertiary/aromatic N) is 2. The molecule has 1 atom stereocenters. The number of aryl methyl sites for hydroxylation is 1. The van der Waals surface area contributed by atoms with Crippen LogP contribution in [-0.2, 0) is 26.2 Å². The zero-order chi connectivity index (χ0) is 28.6. The highest BCUT2D eigenvalue weighted by Gasteiger charge is 2.33. The van der Waals surface area contributed by atoms with Gasteiger partial charge in [0, 0.05) is 17.6 Å². The zero-order valence-corrected chi connectivity index (χ0v) is 25.3. The van der Waals surface area contributed by atoms with E-state index >= 15 is 0 Å². The molecule has 0 aliphatic carbocycles. The monoisotopic (exact) mass is 613 g/mol. The lowest BCUT2D eigenvalue weighted by Gasteiger charge is -2.32. The van der Waals surface area contributed by atoms with E-state index in [0.29, 0.717) is 12.2 Å². The molecule has 0 aliphatic heterocycles. The average Bonchev–Trinajstić information content (AvgIpc) is 2.92. The minimum atomic E-state index is -4.09. The van der Waals surface area contributed by atoms with E-state index in [2.05, 4.69) is 21.2 Å². The number of rotatable bonds is 12. The summed E-state index contributed by atoms with van der Waals surface area (Å²) in [6.45, 7) is 7.64. The van der Waals surface area contributed by atoms with Crippen molar-refractivity contribution in [2.75, 3.05) is 17.4 Å². The minimum Gasteiger partial charge on any atom is -0.354 e. The van der Waals surface area contributed by atoms with Crippen molar-refractivity contribution in [3.63, 3.8) is 0 Å². The molecule has 0 aliphatic rings. The maximum atomic E-state index is 14.0. The summed E-state index contributed by atoms with van der Waals surface area (Å²) in [6.07, 6.45) is 1.76. The Balaban J connectivity index is 2.03. The summed E-state index contributed by atoms with van der Waals surface area (Å²) in [4.78, 5) is 28.6. The van der Waals surface area contributed by atoms with Crippen LogP contribution in [0.3, 0.4) is 0 Å². The van der Waals surface area contributed by atoms with Crippen molar-refractivity contribution in [3.05, 3.63) is 94.0 Å². The van der Waals surface area contributed by atoms with E-state index in [1.54, 1.807) is 37.3 Å². The van der Waals surface area contributed by atoms with E-state index in [1.165, 1.54) is 17.0 Å². The third kappa shape index (κ3) is 7.70. The number of anilines is 1. The molecule has 0 heterocycles. The second kappa shape index (κ2) is 13.8. The van der Waals surface area contributed by atoms with Gasteiger partial charge in [0.2, 0.25) is 11.8 Å². The second-order valence-electron chi connectivity index (χ2n) is 9.52. The predicted octanol–water partition coefficient (Wildman–Crippen LogP) is 5.59. The first kappa shape index (κ1) is 30.4. The lowest BCUT2D eigenvalue weighted by Crippen LogP contribution is -2.51. The molecule has 39 heavy (non-hydrogen) atoms. The first-order valence-corrected chi connectivity index (χ1v) is 15.2. The van der Waals surface area contributed by atoms with E-state index in [4.69, 9.17) is 0 Å². The summed E-state index contributed by atoms with van der Waals surface area (Å²) in [6, 6.07) is 20.1. The number of benzene rings is 3. The highest BCUT2D eigenvalue weighted by atomic mass is 79.9. The van der Waals surface area contributed by atoms with Crippen LogP contribution in [0.25, 0.3) is 0 Å². The number of sulfonamides is 1. The van der Waals surface area contributed by atoms with Gasteiger partial charge in [-0.3, -0.25) is 13.9 Å². The quantitative estimate of drug-likeness (QED) is 0.270. The first-order valence-electron chi connectivity index (χ1n) is 13.0. The number of amides is 2. The van der Waals surface area contributed by atoms with Gasteiger partial charge in [-0.05, 0) is 74.2 Å². The summed E-state index contributed by atoms with van der Waals surface area (Å²) in [7, 11) is -4.09. The molecule has 0 saturated carbocycles. The van der Waals surface area contributed by atoms with Gasteiger partial charge in [0.1, 0.15) is 12.6 Å². The lowest BCUT2D eigenvalue weighted by atomic mass is 10.1. The van der Waals surface area contributed by atoms with Gasteiger partial charge >= 0.3 is 0 Å². The Morgan fingerprint density at radius 2 is 1.67 bits per heavy atom. The second-order valence-corrected chi connectivity index (χ2v) is 12.3. The van der Waals surface area contributed by atoms with Gasteiger partial charge in [0.15, 0.2) is 0 Å². The van der Waals surface area contributed by atoms with Crippen LogP contribution in [0.2, 0.25) is 0 Å². The van der Waals surface area contributed by atoms with Gasteiger partial charge in [-0.1, -0.05) is 71.7 Å². The maximum absolute atomic E-state index is 14.0. The van der Waals surface area contributed by atoms with Crippen molar-refractivity contribution in [3.8, 4) is 0 Å².